The molecular formula is C22H22N4O4S. The van der Waals surface area contributed by atoms with Crippen molar-refractivity contribution in [2.75, 3.05) is 31.0 Å². The first kappa shape index (κ1) is 20.8. The van der Waals surface area contributed by atoms with Gasteiger partial charge in [0.25, 0.3) is 5.91 Å². The Bertz CT molecular complexity index is 1110. The molecule has 0 spiro atoms. The number of hydrogen-bond donors (Lipinski definition) is 1. The molecule has 1 N–H and O–H groups in total. The lowest BCUT2D eigenvalue weighted by Crippen LogP contribution is -2.24. The van der Waals surface area contributed by atoms with E-state index < -0.39 is 0 Å². The molecule has 0 saturated carbocycles. The normalized spacial score (nSPS) is 15.8. The van der Waals surface area contributed by atoms with Crippen LogP contribution >= 0.6 is 11.3 Å². The number of hydrogen-bond acceptors (Lipinski definition) is 7. The van der Waals surface area contributed by atoms with Gasteiger partial charge < -0.3 is 14.4 Å². The van der Waals surface area contributed by atoms with Crippen LogP contribution in [0.3, 0.4) is 0 Å². The van der Waals surface area contributed by atoms with Gasteiger partial charge in [-0.15, -0.1) is 10.2 Å². The number of anilines is 2. The number of carbonyl (C=O) groups is 2. The Labute approximate surface area is 183 Å². The van der Waals surface area contributed by atoms with E-state index >= 15 is 0 Å². The summed E-state index contributed by atoms with van der Waals surface area (Å²) in [5, 5.41) is 12.2. The molecule has 0 bridgehead atoms. The van der Waals surface area contributed by atoms with Crippen LogP contribution in [-0.4, -0.2) is 42.8 Å². The third-order valence-corrected chi connectivity index (χ3v) is 6.13. The van der Waals surface area contributed by atoms with Crippen molar-refractivity contribution in [1.82, 2.24) is 10.2 Å². The van der Waals surface area contributed by atoms with Crippen molar-refractivity contribution >= 4 is 34.0 Å². The minimum atomic E-state index is -0.326. The summed E-state index contributed by atoms with van der Waals surface area (Å²) in [7, 11) is 3.05. The molecule has 1 aliphatic heterocycles. The largest absolute Gasteiger partial charge is 0.493 e. The predicted molar refractivity (Wildman–Crippen MR) is 118 cm³/mol. The number of carbonyl (C=O) groups excluding carboxylic acids is 2. The highest BCUT2D eigenvalue weighted by Crippen LogP contribution is 2.34. The summed E-state index contributed by atoms with van der Waals surface area (Å²) >= 11 is 1.28. The Morgan fingerprint density at radius 1 is 1.10 bits per heavy atom. The quantitative estimate of drug-likeness (QED) is 0.632. The van der Waals surface area contributed by atoms with Gasteiger partial charge in [0.05, 0.1) is 14.2 Å². The Balaban J connectivity index is 1.44. The second kappa shape index (κ2) is 8.73. The topological polar surface area (TPSA) is 93.7 Å². The molecule has 2 aromatic carbocycles. The smallest absolute Gasteiger partial charge is 0.257 e. The Kier molecular flexibility index (Phi) is 5.85. The second-order valence-corrected chi connectivity index (χ2v) is 8.22. The summed E-state index contributed by atoms with van der Waals surface area (Å²) in [6.07, 6.45) is 0.367. The van der Waals surface area contributed by atoms with Crippen molar-refractivity contribution in [2.45, 2.75) is 19.3 Å². The summed E-state index contributed by atoms with van der Waals surface area (Å²) in [5.74, 6) is 0.681. The van der Waals surface area contributed by atoms with E-state index in [0.717, 1.165) is 16.3 Å². The van der Waals surface area contributed by atoms with E-state index in [0.29, 0.717) is 35.2 Å². The standard InChI is InChI=1S/C22H22N4O4S/c1-13-4-7-16(8-5-13)26-12-15(11-19(26)27)21-24-25-22(31-21)23-20(28)14-6-9-17(29-2)18(10-14)30-3/h4-10,15H,11-12H2,1-3H3,(H,23,25,28). The van der Waals surface area contributed by atoms with Gasteiger partial charge in [-0.25, -0.2) is 0 Å². The van der Waals surface area contributed by atoms with Crippen LogP contribution < -0.4 is 19.7 Å². The number of ether oxygens (including phenoxy) is 2. The van der Waals surface area contributed by atoms with Crippen molar-refractivity contribution in [3.8, 4) is 11.5 Å². The van der Waals surface area contributed by atoms with Gasteiger partial charge in [0.1, 0.15) is 5.01 Å². The van der Waals surface area contributed by atoms with Gasteiger partial charge in [0.15, 0.2) is 11.5 Å². The van der Waals surface area contributed by atoms with Crippen molar-refractivity contribution in [1.29, 1.82) is 0 Å². The van der Waals surface area contributed by atoms with E-state index in [1.807, 2.05) is 31.2 Å². The lowest BCUT2D eigenvalue weighted by molar-refractivity contribution is -0.117. The van der Waals surface area contributed by atoms with Crippen LogP contribution in [-0.2, 0) is 4.79 Å². The Morgan fingerprint density at radius 3 is 2.55 bits per heavy atom. The number of aryl methyl sites for hydroxylation is 1. The molecule has 4 rings (SSSR count). The monoisotopic (exact) mass is 438 g/mol. The highest BCUT2D eigenvalue weighted by molar-refractivity contribution is 7.15. The van der Waals surface area contributed by atoms with Crippen LogP contribution in [0.2, 0.25) is 0 Å². The Morgan fingerprint density at radius 2 is 1.84 bits per heavy atom. The maximum Gasteiger partial charge on any atom is 0.257 e. The zero-order valence-corrected chi connectivity index (χ0v) is 18.2. The molecule has 1 fully saturated rings. The molecule has 9 heteroatoms. The molecule has 1 aromatic heterocycles. The SMILES string of the molecule is COc1ccc(C(=O)Nc2nnc(C3CC(=O)N(c4ccc(C)cc4)C3)s2)cc1OC. The molecule has 2 amide bonds. The van der Waals surface area contributed by atoms with Crippen LogP contribution in [0.4, 0.5) is 10.8 Å². The minimum Gasteiger partial charge on any atom is -0.493 e. The third-order valence-electron chi connectivity index (χ3n) is 5.13. The second-order valence-electron chi connectivity index (χ2n) is 7.21. The number of methoxy groups -OCH3 is 2. The molecule has 1 atom stereocenters. The van der Waals surface area contributed by atoms with E-state index in [2.05, 4.69) is 15.5 Å². The summed E-state index contributed by atoms with van der Waals surface area (Å²) in [6, 6.07) is 12.8. The highest BCUT2D eigenvalue weighted by atomic mass is 32.1. The number of nitrogens with zero attached hydrogens (tertiary/aromatic N) is 3. The van der Waals surface area contributed by atoms with Gasteiger partial charge in [-0.1, -0.05) is 29.0 Å². The van der Waals surface area contributed by atoms with E-state index in [-0.39, 0.29) is 17.7 Å². The van der Waals surface area contributed by atoms with Crippen molar-refractivity contribution in [2.24, 2.45) is 0 Å². The van der Waals surface area contributed by atoms with Crippen LogP contribution in [0.25, 0.3) is 0 Å². The first-order chi connectivity index (χ1) is 15.0. The van der Waals surface area contributed by atoms with Gasteiger partial charge in [-0.2, -0.15) is 0 Å². The fourth-order valence-corrected chi connectivity index (χ4v) is 4.27. The number of amides is 2. The van der Waals surface area contributed by atoms with Crippen molar-refractivity contribution in [3.05, 3.63) is 58.6 Å². The summed E-state index contributed by atoms with van der Waals surface area (Å²) in [6.45, 7) is 2.55. The number of aromatic nitrogens is 2. The molecule has 1 aliphatic rings. The fourth-order valence-electron chi connectivity index (χ4n) is 3.44. The summed E-state index contributed by atoms with van der Waals surface area (Å²) in [5.41, 5.74) is 2.44. The number of nitrogens with one attached hydrogen (secondary N) is 1. The molecule has 0 aliphatic carbocycles. The molecule has 8 nitrogen and oxygen atoms in total. The van der Waals surface area contributed by atoms with Gasteiger partial charge in [0.2, 0.25) is 11.0 Å². The van der Waals surface area contributed by atoms with Crippen LogP contribution in [0.5, 0.6) is 11.5 Å². The maximum atomic E-state index is 12.6. The van der Waals surface area contributed by atoms with E-state index in [9.17, 15) is 9.59 Å². The number of benzene rings is 2. The van der Waals surface area contributed by atoms with Crippen LogP contribution in [0.1, 0.15) is 33.3 Å². The van der Waals surface area contributed by atoms with Crippen molar-refractivity contribution in [3.63, 3.8) is 0 Å². The highest BCUT2D eigenvalue weighted by Gasteiger charge is 2.34. The first-order valence-corrected chi connectivity index (χ1v) is 10.5. The molecule has 160 valence electrons. The zero-order chi connectivity index (χ0) is 22.0. The average Bonchev–Trinajstić information content (AvgIpc) is 3.40. The number of rotatable bonds is 6. The molecular weight excluding hydrogens is 416 g/mol. The average molecular weight is 439 g/mol. The van der Waals surface area contributed by atoms with E-state index in [4.69, 9.17) is 9.47 Å². The third kappa shape index (κ3) is 4.36. The molecule has 0 radical (unpaired) electrons. The first-order valence-electron chi connectivity index (χ1n) is 9.72. The van der Waals surface area contributed by atoms with Crippen LogP contribution in [0.15, 0.2) is 42.5 Å². The minimum absolute atomic E-state index is 0.0555. The molecule has 1 unspecified atom stereocenters. The van der Waals surface area contributed by atoms with Gasteiger partial charge in [-0.3, -0.25) is 14.9 Å². The van der Waals surface area contributed by atoms with Gasteiger partial charge >= 0.3 is 0 Å². The zero-order valence-electron chi connectivity index (χ0n) is 17.4. The summed E-state index contributed by atoms with van der Waals surface area (Å²) in [4.78, 5) is 26.9. The maximum absolute atomic E-state index is 12.6. The van der Waals surface area contributed by atoms with Crippen LogP contribution in [0, 0.1) is 6.92 Å². The van der Waals surface area contributed by atoms with Gasteiger partial charge in [-0.05, 0) is 37.3 Å². The van der Waals surface area contributed by atoms with Gasteiger partial charge in [0, 0.05) is 30.1 Å². The molecule has 2 heterocycles. The lowest BCUT2D eigenvalue weighted by Gasteiger charge is -2.16. The predicted octanol–water partition coefficient (Wildman–Crippen LogP) is 3.64. The fraction of sp³-hybridized carbons (Fsp3) is 0.273. The Hall–Kier alpha value is -3.46. The lowest BCUT2D eigenvalue weighted by atomic mass is 10.1. The molecule has 1 saturated heterocycles. The summed E-state index contributed by atoms with van der Waals surface area (Å²) < 4.78 is 10.4. The molecule has 3 aromatic rings. The van der Waals surface area contributed by atoms with Crippen molar-refractivity contribution < 1.29 is 19.1 Å². The van der Waals surface area contributed by atoms with E-state index in [1.165, 1.54) is 25.6 Å². The van der Waals surface area contributed by atoms with E-state index in [1.54, 1.807) is 23.1 Å². The molecule has 31 heavy (non-hydrogen) atoms.